The maximum absolute atomic E-state index is 13.4. The Morgan fingerprint density at radius 3 is 2.22 bits per heavy atom. The van der Waals surface area contributed by atoms with E-state index in [0.717, 1.165) is 0 Å². The summed E-state index contributed by atoms with van der Waals surface area (Å²) in [5, 5.41) is 28.1. The van der Waals surface area contributed by atoms with Crippen molar-refractivity contribution in [3.63, 3.8) is 0 Å². The summed E-state index contributed by atoms with van der Waals surface area (Å²) in [6.45, 7) is 9.81. The van der Waals surface area contributed by atoms with Crippen molar-refractivity contribution in [1.29, 1.82) is 5.41 Å². The molecule has 0 radical (unpaired) electrons. The minimum absolute atomic E-state index is 0.00901. The van der Waals surface area contributed by atoms with Gasteiger partial charge in [-0.05, 0) is 60.8 Å². The molecule has 1 heterocycles. The smallest absolute Gasteiger partial charge is 0.417 e. The molecule has 37 heavy (non-hydrogen) atoms. The van der Waals surface area contributed by atoms with Crippen LogP contribution in [0.5, 0.6) is 0 Å². The number of aryl methyl sites for hydroxylation is 1. The van der Waals surface area contributed by atoms with E-state index in [9.17, 15) is 19.2 Å². The Bertz CT molecular complexity index is 994. The van der Waals surface area contributed by atoms with E-state index in [1.54, 1.807) is 48.6 Å². The van der Waals surface area contributed by atoms with Crippen LogP contribution in [0, 0.1) is 5.41 Å². The lowest BCUT2D eigenvalue weighted by atomic mass is 10.1. The van der Waals surface area contributed by atoms with Crippen molar-refractivity contribution in [2.45, 2.75) is 78.0 Å². The molecule has 7 N–H and O–H groups in total. The fraction of sp³-hybridized carbons (Fsp3) is 0.636. The first-order valence-electron chi connectivity index (χ1n) is 11.6. The zero-order valence-corrected chi connectivity index (χ0v) is 22.3. The minimum Gasteiger partial charge on any atom is -0.465 e. The third-order valence-electron chi connectivity index (χ3n) is 4.49. The summed E-state index contributed by atoms with van der Waals surface area (Å²) in [6.07, 6.45) is -1.34. The molecule has 0 aliphatic rings. The Labute approximate surface area is 215 Å². The standard InChI is InChI=1S/C22H38N8O7/c1-21(2,3)36-19(34)28-17(24)30(20(35)37-22(4,5)6)14(10-8-9-11-25-18(32)33)16(31)27-13-12-26-29(7)15(13)23/h12,14,25H,8-11,23H2,1-7H3,(H,27,31)(H,32,33)(H2,24,28,34)/t14-/m0/s1. The van der Waals surface area contributed by atoms with Crippen molar-refractivity contribution in [2.75, 3.05) is 17.6 Å². The first kappa shape index (κ1) is 31.0. The van der Waals surface area contributed by atoms with Gasteiger partial charge in [-0.2, -0.15) is 5.10 Å². The summed E-state index contributed by atoms with van der Waals surface area (Å²) >= 11 is 0. The average molecular weight is 527 g/mol. The van der Waals surface area contributed by atoms with Gasteiger partial charge in [-0.1, -0.05) is 0 Å². The lowest BCUT2D eigenvalue weighted by Crippen LogP contribution is -2.56. The van der Waals surface area contributed by atoms with Crippen molar-refractivity contribution >= 4 is 41.7 Å². The van der Waals surface area contributed by atoms with Crippen LogP contribution in [-0.4, -0.2) is 73.7 Å². The lowest BCUT2D eigenvalue weighted by molar-refractivity contribution is -0.120. The number of rotatable bonds is 8. The summed E-state index contributed by atoms with van der Waals surface area (Å²) in [4.78, 5) is 50.3. The van der Waals surface area contributed by atoms with Gasteiger partial charge in [0.05, 0.1) is 6.20 Å². The molecule has 0 saturated carbocycles. The van der Waals surface area contributed by atoms with Crippen molar-refractivity contribution in [3.05, 3.63) is 6.20 Å². The molecule has 0 fully saturated rings. The molecule has 0 bridgehead atoms. The lowest BCUT2D eigenvalue weighted by Gasteiger charge is -2.33. The number of aromatic nitrogens is 2. The highest BCUT2D eigenvalue weighted by Crippen LogP contribution is 2.21. The van der Waals surface area contributed by atoms with E-state index < -0.39 is 47.4 Å². The van der Waals surface area contributed by atoms with Gasteiger partial charge in [0.2, 0.25) is 11.9 Å². The molecule has 0 saturated heterocycles. The number of nitrogens with one attached hydrogen (secondary N) is 4. The molecule has 15 heteroatoms. The maximum Gasteiger partial charge on any atom is 0.417 e. The molecular weight excluding hydrogens is 488 g/mol. The number of ether oxygens (including phenoxy) is 2. The van der Waals surface area contributed by atoms with Gasteiger partial charge in [0.15, 0.2) is 0 Å². The average Bonchev–Trinajstić information content (AvgIpc) is 3.01. The summed E-state index contributed by atoms with van der Waals surface area (Å²) in [6, 6.07) is -1.35. The quantitative estimate of drug-likeness (QED) is 0.166. The monoisotopic (exact) mass is 526 g/mol. The topological polar surface area (TPSA) is 214 Å². The van der Waals surface area contributed by atoms with Crippen LogP contribution in [0.1, 0.15) is 60.8 Å². The Morgan fingerprint density at radius 1 is 1.14 bits per heavy atom. The fourth-order valence-corrected chi connectivity index (χ4v) is 2.94. The molecule has 4 amide bonds. The van der Waals surface area contributed by atoms with Gasteiger partial charge in [-0.25, -0.2) is 19.3 Å². The van der Waals surface area contributed by atoms with E-state index in [0.29, 0.717) is 11.3 Å². The van der Waals surface area contributed by atoms with E-state index in [-0.39, 0.29) is 30.9 Å². The molecule has 1 aromatic heterocycles. The van der Waals surface area contributed by atoms with Crippen LogP contribution in [0.3, 0.4) is 0 Å². The number of hydrogen-bond acceptors (Lipinski definition) is 9. The molecule has 1 aromatic rings. The van der Waals surface area contributed by atoms with Gasteiger partial charge in [0, 0.05) is 13.6 Å². The Balaban J connectivity index is 3.30. The van der Waals surface area contributed by atoms with Gasteiger partial charge in [-0.3, -0.25) is 20.2 Å². The highest BCUT2D eigenvalue weighted by atomic mass is 16.6. The van der Waals surface area contributed by atoms with Crippen molar-refractivity contribution in [1.82, 2.24) is 25.3 Å². The van der Waals surface area contributed by atoms with E-state index in [2.05, 4.69) is 21.0 Å². The molecule has 0 spiro atoms. The molecule has 208 valence electrons. The molecule has 15 nitrogen and oxygen atoms in total. The number of anilines is 2. The van der Waals surface area contributed by atoms with Crippen LogP contribution in [-0.2, 0) is 21.3 Å². The first-order chi connectivity index (χ1) is 16.9. The number of alkyl carbamates (subject to hydrolysis) is 1. The number of carbonyl (C=O) groups excluding carboxylic acids is 3. The number of unbranched alkanes of at least 4 members (excludes halogenated alkanes) is 1. The second-order valence-corrected chi connectivity index (χ2v) is 10.1. The highest BCUT2D eigenvalue weighted by molar-refractivity contribution is 6.06. The molecule has 0 aromatic carbocycles. The molecule has 0 unspecified atom stereocenters. The Kier molecular flexibility index (Phi) is 10.7. The number of nitrogens with two attached hydrogens (primary N) is 1. The predicted octanol–water partition coefficient (Wildman–Crippen LogP) is 2.44. The number of carboxylic acid groups (broad SMARTS) is 1. The van der Waals surface area contributed by atoms with E-state index in [1.807, 2.05) is 0 Å². The van der Waals surface area contributed by atoms with Crippen LogP contribution in [0.2, 0.25) is 0 Å². The number of nitrogen functional groups attached to an aromatic ring is 1. The van der Waals surface area contributed by atoms with Gasteiger partial charge in [0.1, 0.15) is 28.7 Å². The van der Waals surface area contributed by atoms with Gasteiger partial charge < -0.3 is 30.9 Å². The van der Waals surface area contributed by atoms with Crippen LogP contribution < -0.4 is 21.7 Å². The third kappa shape index (κ3) is 11.0. The normalized spacial score (nSPS) is 12.2. The van der Waals surface area contributed by atoms with Gasteiger partial charge in [-0.15, -0.1) is 0 Å². The molecule has 0 aliphatic carbocycles. The molecular formula is C22H38N8O7. The van der Waals surface area contributed by atoms with Crippen molar-refractivity contribution in [3.8, 4) is 0 Å². The minimum atomic E-state index is -1.35. The van der Waals surface area contributed by atoms with Crippen LogP contribution in [0.25, 0.3) is 0 Å². The van der Waals surface area contributed by atoms with E-state index in [1.165, 1.54) is 10.9 Å². The Morgan fingerprint density at radius 2 is 1.73 bits per heavy atom. The van der Waals surface area contributed by atoms with Crippen LogP contribution >= 0.6 is 0 Å². The molecule has 0 aliphatic heterocycles. The summed E-state index contributed by atoms with van der Waals surface area (Å²) in [7, 11) is 1.57. The van der Waals surface area contributed by atoms with E-state index >= 15 is 0 Å². The van der Waals surface area contributed by atoms with Crippen LogP contribution in [0.4, 0.5) is 25.9 Å². The zero-order valence-electron chi connectivity index (χ0n) is 22.3. The highest BCUT2D eigenvalue weighted by Gasteiger charge is 2.37. The fourth-order valence-electron chi connectivity index (χ4n) is 2.94. The number of guanidine groups is 1. The number of nitrogens with zero attached hydrogens (tertiary/aromatic N) is 3. The third-order valence-corrected chi connectivity index (χ3v) is 4.49. The largest absolute Gasteiger partial charge is 0.465 e. The van der Waals surface area contributed by atoms with Gasteiger partial charge in [0.25, 0.3) is 0 Å². The SMILES string of the molecule is Cn1ncc(NC(=O)[C@H](CCCCNC(=O)O)N(C(=N)NC(=O)OC(C)(C)C)C(=O)OC(C)(C)C)c1N. The van der Waals surface area contributed by atoms with Gasteiger partial charge >= 0.3 is 18.3 Å². The number of amides is 4. The van der Waals surface area contributed by atoms with Crippen LogP contribution in [0.15, 0.2) is 6.20 Å². The molecule has 1 rings (SSSR count). The predicted molar refractivity (Wildman–Crippen MR) is 135 cm³/mol. The maximum atomic E-state index is 13.4. The Hall–Kier alpha value is -4.04. The van der Waals surface area contributed by atoms with Crippen molar-refractivity contribution in [2.24, 2.45) is 7.05 Å². The second-order valence-electron chi connectivity index (χ2n) is 10.1. The number of carbonyl (C=O) groups is 4. The number of hydrogen-bond donors (Lipinski definition) is 6. The molecule has 1 atom stereocenters. The van der Waals surface area contributed by atoms with Crippen molar-refractivity contribution < 1.29 is 33.8 Å². The summed E-state index contributed by atoms with van der Waals surface area (Å²) in [5.41, 5.74) is 4.24. The first-order valence-corrected chi connectivity index (χ1v) is 11.6. The van der Waals surface area contributed by atoms with E-state index in [4.69, 9.17) is 25.7 Å². The summed E-state index contributed by atoms with van der Waals surface area (Å²) < 4.78 is 11.9. The zero-order chi connectivity index (χ0) is 28.6. The second kappa shape index (κ2) is 12.8. The summed E-state index contributed by atoms with van der Waals surface area (Å²) in [5.74, 6) is -1.32.